The maximum atomic E-state index is 13.6. The van der Waals surface area contributed by atoms with Crippen molar-refractivity contribution in [1.29, 1.82) is 0 Å². The molecule has 6 rings (SSSR count). The summed E-state index contributed by atoms with van der Waals surface area (Å²) in [5.74, 6) is -1.13. The van der Waals surface area contributed by atoms with Gasteiger partial charge in [0.05, 0.1) is 28.7 Å². The summed E-state index contributed by atoms with van der Waals surface area (Å²) >= 11 is 6.42. The van der Waals surface area contributed by atoms with Gasteiger partial charge in [-0.05, 0) is 80.1 Å². The molecule has 6 nitrogen and oxygen atoms in total. The molecular weight excluding hydrogens is 504 g/mol. The number of fused-ring (bicyclic) bond motifs is 5. The van der Waals surface area contributed by atoms with Crippen LogP contribution < -0.4 is 0 Å². The first kappa shape index (κ1) is 26.5. The normalized spacial score (nSPS) is 43.9. The summed E-state index contributed by atoms with van der Waals surface area (Å²) in [5, 5.41) is 25.8. The largest absolute Gasteiger partial charge is 0.451 e. The highest BCUT2D eigenvalue weighted by molar-refractivity contribution is 6.33. The van der Waals surface area contributed by atoms with E-state index in [-0.39, 0.29) is 35.3 Å². The Kier molecular flexibility index (Phi) is 5.70. The second kappa shape index (κ2) is 8.17. The van der Waals surface area contributed by atoms with Gasteiger partial charge < -0.3 is 24.4 Å². The first-order valence-corrected chi connectivity index (χ1v) is 14.1. The van der Waals surface area contributed by atoms with E-state index in [9.17, 15) is 15.0 Å². The maximum Gasteiger partial charge on any atom is 0.340 e. The van der Waals surface area contributed by atoms with Crippen molar-refractivity contribution in [3.8, 4) is 0 Å². The number of carbonyl (C=O) groups excluding carboxylic acids is 1. The maximum absolute atomic E-state index is 13.6. The van der Waals surface area contributed by atoms with Crippen LogP contribution in [0.1, 0.15) is 63.9 Å². The van der Waals surface area contributed by atoms with Gasteiger partial charge in [-0.1, -0.05) is 56.7 Å². The molecule has 4 aliphatic carbocycles. The summed E-state index contributed by atoms with van der Waals surface area (Å²) < 4.78 is 18.8. The fourth-order valence-electron chi connectivity index (χ4n) is 8.66. The van der Waals surface area contributed by atoms with Crippen molar-refractivity contribution in [2.45, 2.75) is 84.6 Å². The summed E-state index contributed by atoms with van der Waals surface area (Å²) in [6.07, 6.45) is 2.21. The molecule has 2 saturated carbocycles. The molecule has 1 heterocycles. The molecule has 0 aromatic heterocycles. The van der Waals surface area contributed by atoms with Crippen molar-refractivity contribution in [1.82, 2.24) is 0 Å². The van der Waals surface area contributed by atoms with E-state index >= 15 is 0 Å². The molecular formula is C31H39ClO6. The molecule has 1 aromatic rings. The van der Waals surface area contributed by atoms with Gasteiger partial charge in [-0.2, -0.15) is 0 Å². The highest BCUT2D eigenvalue weighted by atomic mass is 35.5. The molecule has 5 aliphatic rings. The molecule has 3 fully saturated rings. The molecule has 1 spiro atoms. The summed E-state index contributed by atoms with van der Waals surface area (Å²) in [6.45, 7) is 14.3. The van der Waals surface area contributed by atoms with Gasteiger partial charge in [0.1, 0.15) is 11.7 Å². The molecule has 2 bridgehead atoms. The SMILES string of the molecule is CC1=C[C@]23C(O)[C@@H](C=C4COC(C)(C)O[C@H]4[C@]2(O)[C@H]1OC(=O)c1c(C)cccc1Cl)[C@H]1[C@@H](C[C@H]3C)C1(C)C. The molecule has 1 aliphatic heterocycles. The van der Waals surface area contributed by atoms with Crippen LogP contribution in [0.3, 0.4) is 0 Å². The quantitative estimate of drug-likeness (QED) is 0.393. The topological polar surface area (TPSA) is 85.2 Å². The van der Waals surface area contributed by atoms with Gasteiger partial charge in [-0.3, -0.25) is 0 Å². The van der Waals surface area contributed by atoms with Gasteiger partial charge in [0.25, 0.3) is 0 Å². The van der Waals surface area contributed by atoms with Crippen LogP contribution >= 0.6 is 11.6 Å². The number of aliphatic hydroxyl groups is 2. The van der Waals surface area contributed by atoms with Crippen molar-refractivity contribution in [3.05, 3.63) is 57.6 Å². The number of halogens is 1. The minimum absolute atomic E-state index is 0.0928. The van der Waals surface area contributed by atoms with Crippen LogP contribution in [0.15, 0.2) is 41.5 Å². The Morgan fingerprint density at radius 1 is 1.18 bits per heavy atom. The molecule has 2 N–H and O–H groups in total. The molecule has 1 saturated heterocycles. The zero-order chi connectivity index (χ0) is 27.6. The lowest BCUT2D eigenvalue weighted by atomic mass is 9.58. The van der Waals surface area contributed by atoms with Crippen molar-refractivity contribution >= 4 is 17.6 Å². The second-order valence-electron chi connectivity index (χ2n) is 13.4. The lowest BCUT2D eigenvalue weighted by Gasteiger charge is -2.55. The van der Waals surface area contributed by atoms with Crippen LogP contribution in [0.2, 0.25) is 5.02 Å². The minimum atomic E-state index is -1.75. The molecule has 38 heavy (non-hydrogen) atoms. The Labute approximate surface area is 230 Å². The first-order valence-electron chi connectivity index (χ1n) is 13.7. The van der Waals surface area contributed by atoms with Crippen LogP contribution in [0, 0.1) is 41.4 Å². The van der Waals surface area contributed by atoms with Gasteiger partial charge in [0.15, 0.2) is 11.9 Å². The van der Waals surface area contributed by atoms with Gasteiger partial charge in [0.2, 0.25) is 0 Å². The average Bonchev–Trinajstić information content (AvgIpc) is 3.31. The highest BCUT2D eigenvalue weighted by Gasteiger charge is 2.77. The fraction of sp³-hybridized carbons (Fsp3) is 0.645. The van der Waals surface area contributed by atoms with Gasteiger partial charge >= 0.3 is 5.97 Å². The van der Waals surface area contributed by atoms with Gasteiger partial charge in [-0.15, -0.1) is 0 Å². The number of benzene rings is 1. The first-order chi connectivity index (χ1) is 17.7. The summed E-state index contributed by atoms with van der Waals surface area (Å²) in [5.41, 5.74) is -0.258. The summed E-state index contributed by atoms with van der Waals surface area (Å²) in [6, 6.07) is 5.25. The van der Waals surface area contributed by atoms with E-state index in [4.69, 9.17) is 25.8 Å². The summed E-state index contributed by atoms with van der Waals surface area (Å²) in [7, 11) is 0. The highest BCUT2D eigenvalue weighted by Crippen LogP contribution is 2.73. The van der Waals surface area contributed by atoms with E-state index in [1.807, 2.05) is 39.8 Å². The Bertz CT molecular complexity index is 1240. The Balaban J connectivity index is 1.52. The van der Waals surface area contributed by atoms with Crippen LogP contribution in [0.4, 0.5) is 0 Å². The summed E-state index contributed by atoms with van der Waals surface area (Å²) in [4.78, 5) is 13.6. The predicted octanol–water partition coefficient (Wildman–Crippen LogP) is 5.23. The molecule has 0 amide bonds. The molecule has 1 aromatic carbocycles. The van der Waals surface area contributed by atoms with E-state index in [1.54, 1.807) is 12.1 Å². The Morgan fingerprint density at radius 2 is 1.89 bits per heavy atom. The number of carbonyl (C=O) groups is 1. The van der Waals surface area contributed by atoms with Crippen LogP contribution in [-0.4, -0.2) is 52.5 Å². The molecule has 7 heteroatoms. The zero-order valence-corrected chi connectivity index (χ0v) is 24.0. The Hall–Kier alpha value is -1.70. The van der Waals surface area contributed by atoms with E-state index in [0.29, 0.717) is 22.1 Å². The average molecular weight is 543 g/mol. The minimum Gasteiger partial charge on any atom is -0.451 e. The molecule has 9 atom stereocenters. The number of ether oxygens (including phenoxy) is 3. The standard InChI is InChI=1S/C31H39ClO6/c1-15-9-8-10-21(32)22(15)27(34)37-25-16(2)13-30-17(3)11-20-23(28(20,4)5)19(24(30)33)12-18-14-36-29(6,7)38-26(18)31(25,30)35/h8-10,12-13,17,19-20,23-26,33,35H,11,14H2,1-7H3/t17-,19+,20-,23+,24?,25+,26-,30+,31-/m1/s1. The molecule has 1 unspecified atom stereocenters. The van der Waals surface area contributed by atoms with E-state index in [2.05, 4.69) is 26.8 Å². The van der Waals surface area contributed by atoms with E-state index in [1.165, 1.54) is 0 Å². The van der Waals surface area contributed by atoms with E-state index < -0.39 is 41.1 Å². The monoisotopic (exact) mass is 542 g/mol. The van der Waals surface area contributed by atoms with Crippen LogP contribution in [0.5, 0.6) is 0 Å². The molecule has 0 radical (unpaired) electrons. The van der Waals surface area contributed by atoms with Crippen molar-refractivity contribution in [3.63, 3.8) is 0 Å². The van der Waals surface area contributed by atoms with Crippen LogP contribution in [0.25, 0.3) is 0 Å². The Morgan fingerprint density at radius 3 is 2.58 bits per heavy atom. The number of hydrogen-bond donors (Lipinski definition) is 2. The number of rotatable bonds is 2. The van der Waals surface area contributed by atoms with Crippen LogP contribution in [-0.2, 0) is 14.2 Å². The third-order valence-corrected chi connectivity index (χ3v) is 10.9. The lowest BCUT2D eigenvalue weighted by molar-refractivity contribution is -0.312. The van der Waals surface area contributed by atoms with Gasteiger partial charge in [0, 0.05) is 5.92 Å². The number of esters is 1. The third kappa shape index (κ3) is 3.30. The predicted molar refractivity (Wildman–Crippen MR) is 144 cm³/mol. The van der Waals surface area contributed by atoms with Crippen molar-refractivity contribution in [2.75, 3.05) is 6.61 Å². The lowest BCUT2D eigenvalue weighted by Crippen LogP contribution is -2.69. The van der Waals surface area contributed by atoms with Crippen molar-refractivity contribution < 1.29 is 29.2 Å². The van der Waals surface area contributed by atoms with Crippen molar-refractivity contribution in [2.24, 2.45) is 34.5 Å². The van der Waals surface area contributed by atoms with E-state index in [0.717, 1.165) is 12.0 Å². The number of hydrogen-bond acceptors (Lipinski definition) is 6. The smallest absolute Gasteiger partial charge is 0.340 e. The number of aryl methyl sites for hydroxylation is 1. The fourth-order valence-corrected chi connectivity index (χ4v) is 8.96. The zero-order valence-electron chi connectivity index (χ0n) is 23.2. The third-order valence-electron chi connectivity index (χ3n) is 10.6. The number of aliphatic hydroxyl groups excluding tert-OH is 1. The molecule has 206 valence electrons. The van der Waals surface area contributed by atoms with Gasteiger partial charge in [-0.25, -0.2) is 4.79 Å². The second-order valence-corrected chi connectivity index (χ2v) is 13.8.